The van der Waals surface area contributed by atoms with Crippen molar-refractivity contribution in [1.29, 1.82) is 0 Å². The van der Waals surface area contributed by atoms with Crippen LogP contribution in [0.25, 0.3) is 0 Å². The summed E-state index contributed by atoms with van der Waals surface area (Å²) in [6, 6.07) is 8.79. The molecule has 104 valence electrons. The van der Waals surface area contributed by atoms with E-state index in [2.05, 4.69) is 26.3 Å². The van der Waals surface area contributed by atoms with Gasteiger partial charge in [0.25, 0.3) is 0 Å². The number of nitrogens with zero attached hydrogens (tertiary/aromatic N) is 2. The number of hydrogen-bond donors (Lipinski definition) is 1. The van der Waals surface area contributed by atoms with E-state index in [9.17, 15) is 9.59 Å². The summed E-state index contributed by atoms with van der Waals surface area (Å²) in [5, 5.41) is 6.69. The van der Waals surface area contributed by atoms with E-state index in [0.29, 0.717) is 11.4 Å². The van der Waals surface area contributed by atoms with E-state index < -0.39 is 0 Å². The molecule has 0 aliphatic rings. The molecular formula is C14H14BrN3O2. The second-order valence-electron chi connectivity index (χ2n) is 4.35. The smallest absolute Gasteiger partial charge is 0.226 e. The highest BCUT2D eigenvalue weighted by Crippen LogP contribution is 2.13. The summed E-state index contributed by atoms with van der Waals surface area (Å²) in [4.78, 5) is 23.6. The monoisotopic (exact) mass is 335 g/mol. The molecule has 20 heavy (non-hydrogen) atoms. The highest BCUT2D eigenvalue weighted by atomic mass is 79.9. The lowest BCUT2D eigenvalue weighted by Gasteiger charge is -2.02. The van der Waals surface area contributed by atoms with E-state index in [-0.39, 0.29) is 24.5 Å². The van der Waals surface area contributed by atoms with Gasteiger partial charge in [-0.3, -0.25) is 14.3 Å². The first kappa shape index (κ1) is 14.5. The normalized spacial score (nSPS) is 10.3. The lowest BCUT2D eigenvalue weighted by Crippen LogP contribution is -2.14. The van der Waals surface area contributed by atoms with Gasteiger partial charge in [0, 0.05) is 42.2 Å². The van der Waals surface area contributed by atoms with Crippen LogP contribution in [0.3, 0.4) is 0 Å². The highest BCUT2D eigenvalue weighted by Gasteiger charge is 2.10. The van der Waals surface area contributed by atoms with Crippen LogP contribution in [-0.4, -0.2) is 21.5 Å². The average Bonchev–Trinajstić information content (AvgIpc) is 2.82. The van der Waals surface area contributed by atoms with Crippen molar-refractivity contribution in [3.8, 4) is 0 Å². The SMILES string of the molecule is Cn1ccc(NC(=O)CCC(=O)c2ccc(Br)cc2)n1. The molecule has 1 N–H and O–H groups in total. The molecule has 2 aromatic rings. The third kappa shape index (κ3) is 4.03. The van der Waals surface area contributed by atoms with Gasteiger partial charge < -0.3 is 5.32 Å². The molecule has 1 aromatic carbocycles. The minimum Gasteiger partial charge on any atom is -0.309 e. The molecule has 1 heterocycles. The van der Waals surface area contributed by atoms with Gasteiger partial charge in [0.1, 0.15) is 0 Å². The number of hydrogen-bond acceptors (Lipinski definition) is 3. The van der Waals surface area contributed by atoms with Crippen LogP contribution < -0.4 is 5.32 Å². The quantitative estimate of drug-likeness (QED) is 0.854. The molecule has 0 atom stereocenters. The van der Waals surface area contributed by atoms with Crippen LogP contribution in [0.5, 0.6) is 0 Å². The summed E-state index contributed by atoms with van der Waals surface area (Å²) in [5.41, 5.74) is 0.610. The highest BCUT2D eigenvalue weighted by molar-refractivity contribution is 9.10. The molecule has 0 bridgehead atoms. The number of ketones is 1. The molecule has 0 unspecified atom stereocenters. The maximum absolute atomic E-state index is 11.9. The molecule has 0 fully saturated rings. The summed E-state index contributed by atoms with van der Waals surface area (Å²) in [6.07, 6.45) is 2.06. The number of rotatable bonds is 5. The Bertz CT molecular complexity index is 620. The molecule has 0 saturated heterocycles. The van der Waals surface area contributed by atoms with Crippen molar-refractivity contribution in [2.24, 2.45) is 7.05 Å². The van der Waals surface area contributed by atoms with Gasteiger partial charge in [-0.1, -0.05) is 28.1 Å². The number of halogens is 1. The zero-order valence-corrected chi connectivity index (χ0v) is 12.6. The van der Waals surface area contributed by atoms with Crippen LogP contribution in [0.4, 0.5) is 5.82 Å². The Hall–Kier alpha value is -1.95. The first-order valence-corrected chi connectivity index (χ1v) is 6.92. The van der Waals surface area contributed by atoms with Crippen LogP contribution in [-0.2, 0) is 11.8 Å². The number of aromatic nitrogens is 2. The van der Waals surface area contributed by atoms with E-state index in [1.54, 1.807) is 48.3 Å². The maximum Gasteiger partial charge on any atom is 0.226 e. The van der Waals surface area contributed by atoms with Gasteiger partial charge in [0.15, 0.2) is 11.6 Å². The Labute approximate surface area is 125 Å². The van der Waals surface area contributed by atoms with Crippen molar-refractivity contribution >= 4 is 33.4 Å². The van der Waals surface area contributed by atoms with E-state index in [0.717, 1.165) is 4.47 Å². The topological polar surface area (TPSA) is 64.0 Å². The van der Waals surface area contributed by atoms with Gasteiger partial charge in [-0.25, -0.2) is 0 Å². The third-order valence-corrected chi connectivity index (χ3v) is 3.26. The van der Waals surface area contributed by atoms with Crippen LogP contribution >= 0.6 is 15.9 Å². The second-order valence-corrected chi connectivity index (χ2v) is 5.27. The molecule has 2 rings (SSSR count). The number of carbonyl (C=O) groups excluding carboxylic acids is 2. The van der Waals surface area contributed by atoms with Crippen LogP contribution in [0.2, 0.25) is 0 Å². The molecule has 5 nitrogen and oxygen atoms in total. The van der Waals surface area contributed by atoms with Crippen molar-refractivity contribution in [3.05, 3.63) is 46.6 Å². The zero-order chi connectivity index (χ0) is 14.5. The second kappa shape index (κ2) is 6.47. The van der Waals surface area contributed by atoms with E-state index in [4.69, 9.17) is 0 Å². The van der Waals surface area contributed by atoms with Crippen LogP contribution in [0.15, 0.2) is 41.0 Å². The molecule has 0 radical (unpaired) electrons. The first-order chi connectivity index (χ1) is 9.54. The lowest BCUT2D eigenvalue weighted by molar-refractivity contribution is -0.116. The minimum absolute atomic E-state index is 0.0475. The fourth-order valence-corrected chi connectivity index (χ4v) is 1.96. The van der Waals surface area contributed by atoms with E-state index in [1.807, 2.05) is 0 Å². The minimum atomic E-state index is -0.214. The maximum atomic E-state index is 11.9. The fourth-order valence-electron chi connectivity index (χ4n) is 1.69. The van der Waals surface area contributed by atoms with E-state index >= 15 is 0 Å². The summed E-state index contributed by atoms with van der Waals surface area (Å²) < 4.78 is 2.52. The van der Waals surface area contributed by atoms with E-state index in [1.165, 1.54) is 0 Å². The Morgan fingerprint density at radius 1 is 1.20 bits per heavy atom. The Balaban J connectivity index is 1.84. The molecular weight excluding hydrogens is 322 g/mol. The van der Waals surface area contributed by atoms with Gasteiger partial charge in [0.2, 0.25) is 5.91 Å². The van der Waals surface area contributed by atoms with Crippen molar-refractivity contribution < 1.29 is 9.59 Å². The third-order valence-electron chi connectivity index (χ3n) is 2.73. The molecule has 6 heteroatoms. The number of nitrogens with one attached hydrogen (secondary N) is 1. The van der Waals surface area contributed by atoms with Gasteiger partial charge in [-0.2, -0.15) is 5.10 Å². The zero-order valence-electron chi connectivity index (χ0n) is 11.0. The predicted molar refractivity (Wildman–Crippen MR) is 79.5 cm³/mol. The Morgan fingerprint density at radius 3 is 2.50 bits per heavy atom. The molecule has 1 aromatic heterocycles. The van der Waals surface area contributed by atoms with Gasteiger partial charge in [0.05, 0.1) is 0 Å². The molecule has 0 aliphatic carbocycles. The van der Waals surface area contributed by atoms with Crippen molar-refractivity contribution in [1.82, 2.24) is 9.78 Å². The summed E-state index contributed by atoms with van der Waals surface area (Å²) in [5.74, 6) is 0.233. The molecule has 0 spiro atoms. The summed E-state index contributed by atoms with van der Waals surface area (Å²) in [7, 11) is 1.77. The largest absolute Gasteiger partial charge is 0.309 e. The average molecular weight is 336 g/mol. The Morgan fingerprint density at radius 2 is 1.90 bits per heavy atom. The molecule has 0 saturated carbocycles. The summed E-state index contributed by atoms with van der Waals surface area (Å²) >= 11 is 3.31. The van der Waals surface area contributed by atoms with Gasteiger partial charge in [-0.05, 0) is 12.1 Å². The predicted octanol–water partition coefficient (Wildman–Crippen LogP) is 2.78. The standard InChI is InChI=1S/C14H14BrN3O2/c1-18-9-8-13(17-18)16-14(20)7-6-12(19)10-2-4-11(15)5-3-10/h2-5,8-9H,6-7H2,1H3,(H,16,17,20). The van der Waals surface area contributed by atoms with Crippen molar-refractivity contribution in [3.63, 3.8) is 0 Å². The number of carbonyl (C=O) groups is 2. The van der Waals surface area contributed by atoms with Crippen molar-refractivity contribution in [2.75, 3.05) is 5.32 Å². The fraction of sp³-hybridized carbons (Fsp3) is 0.214. The number of benzene rings is 1. The number of Topliss-reactive ketones (excluding diaryl/α,β-unsaturated/α-hetero) is 1. The lowest BCUT2D eigenvalue weighted by atomic mass is 10.1. The molecule has 1 amide bonds. The Kier molecular flexibility index (Phi) is 4.68. The number of anilines is 1. The summed E-state index contributed by atoms with van der Waals surface area (Å²) in [6.45, 7) is 0. The first-order valence-electron chi connectivity index (χ1n) is 6.13. The van der Waals surface area contributed by atoms with Crippen LogP contribution in [0.1, 0.15) is 23.2 Å². The van der Waals surface area contributed by atoms with Gasteiger partial charge in [-0.15, -0.1) is 0 Å². The van der Waals surface area contributed by atoms with Crippen LogP contribution in [0, 0.1) is 0 Å². The van der Waals surface area contributed by atoms with Crippen molar-refractivity contribution in [2.45, 2.75) is 12.8 Å². The number of amides is 1. The number of aryl methyl sites for hydroxylation is 1. The molecule has 0 aliphatic heterocycles. The van der Waals surface area contributed by atoms with Gasteiger partial charge >= 0.3 is 0 Å².